The number of rotatable bonds is 0. The van der Waals surface area contributed by atoms with E-state index in [-0.39, 0.29) is 22.5 Å². The maximum absolute atomic E-state index is 10.5. The minimum absolute atomic E-state index is 0.0253. The third-order valence-corrected chi connectivity index (χ3v) is 5.53. The fourth-order valence-electron chi connectivity index (χ4n) is 2.83. The second-order valence-electron chi connectivity index (χ2n) is 5.62. The van der Waals surface area contributed by atoms with Gasteiger partial charge >= 0.3 is 0 Å². The lowest BCUT2D eigenvalue weighted by molar-refractivity contribution is -0.131. The Morgan fingerprint density at radius 3 is 2.44 bits per heavy atom. The lowest BCUT2D eigenvalue weighted by Gasteiger charge is -2.46. The van der Waals surface area contributed by atoms with E-state index in [0.717, 1.165) is 0 Å². The number of aliphatic hydroxyl groups excluding tert-OH is 1. The molecule has 1 saturated heterocycles. The summed E-state index contributed by atoms with van der Waals surface area (Å²) < 4.78 is 6.12. The van der Waals surface area contributed by atoms with Crippen molar-refractivity contribution in [3.05, 3.63) is 34.7 Å². The number of hydrogen-bond acceptors (Lipinski definition) is 2. The molecule has 2 nitrogen and oxygen atoms in total. The minimum atomic E-state index is -0.427. The molecular formula is C15H17BrO2. The highest BCUT2D eigenvalue weighted by molar-refractivity contribution is 9.09. The van der Waals surface area contributed by atoms with Crippen LogP contribution < -0.4 is 10.4 Å². The van der Waals surface area contributed by atoms with Crippen molar-refractivity contribution in [2.24, 2.45) is 5.92 Å². The molecule has 18 heavy (non-hydrogen) atoms. The van der Waals surface area contributed by atoms with E-state index < -0.39 is 6.10 Å². The fraction of sp³-hybridized carbons (Fsp3) is 0.467. The Hall–Kier alpha value is -0.640. The maximum atomic E-state index is 10.5. The topological polar surface area (TPSA) is 29.5 Å². The van der Waals surface area contributed by atoms with E-state index in [1.54, 1.807) is 0 Å². The summed E-state index contributed by atoms with van der Waals surface area (Å²) in [5.74, 6) is 0.0253. The van der Waals surface area contributed by atoms with Gasteiger partial charge in [0.1, 0.15) is 0 Å². The van der Waals surface area contributed by atoms with E-state index in [1.165, 1.54) is 10.4 Å². The van der Waals surface area contributed by atoms with Gasteiger partial charge < -0.3 is 9.84 Å². The number of hydrogen-bond donors (Lipinski definition) is 1. The molecule has 1 N–H and O–H groups in total. The van der Waals surface area contributed by atoms with Crippen molar-refractivity contribution < 1.29 is 9.84 Å². The van der Waals surface area contributed by atoms with Gasteiger partial charge in [0.15, 0.2) is 0 Å². The molecule has 1 heterocycles. The molecule has 3 heteroatoms. The molecule has 0 saturated carbocycles. The molecule has 0 bridgehead atoms. The Bertz CT molecular complexity index is 578. The number of ether oxygens (including phenoxy) is 1. The van der Waals surface area contributed by atoms with Gasteiger partial charge in [0.25, 0.3) is 0 Å². The summed E-state index contributed by atoms with van der Waals surface area (Å²) in [6.07, 6.45) is 3.79. The van der Waals surface area contributed by atoms with Crippen LogP contribution in [0.25, 0.3) is 12.2 Å². The van der Waals surface area contributed by atoms with Crippen molar-refractivity contribution in [2.75, 3.05) is 0 Å². The number of benzene rings is 1. The van der Waals surface area contributed by atoms with Crippen molar-refractivity contribution in [2.45, 2.75) is 36.5 Å². The van der Waals surface area contributed by atoms with E-state index in [9.17, 15) is 5.11 Å². The molecule has 96 valence electrons. The van der Waals surface area contributed by atoms with E-state index in [4.69, 9.17) is 4.74 Å². The molecule has 1 aromatic carbocycles. The zero-order valence-electron chi connectivity index (χ0n) is 10.5. The number of alkyl halides is 1. The van der Waals surface area contributed by atoms with Gasteiger partial charge in [0.05, 0.1) is 22.6 Å². The summed E-state index contributed by atoms with van der Waals surface area (Å²) in [5, 5.41) is 12.8. The van der Waals surface area contributed by atoms with Gasteiger partial charge in [-0.3, -0.25) is 0 Å². The van der Waals surface area contributed by atoms with Crippen molar-refractivity contribution in [3.63, 3.8) is 0 Å². The van der Waals surface area contributed by atoms with E-state index >= 15 is 0 Å². The van der Waals surface area contributed by atoms with Crippen LogP contribution in [0.2, 0.25) is 0 Å². The maximum Gasteiger partial charge on any atom is 0.0860 e. The molecule has 1 aliphatic carbocycles. The first-order valence-corrected chi connectivity index (χ1v) is 7.19. The molecule has 4 atom stereocenters. The van der Waals surface area contributed by atoms with Crippen LogP contribution in [0.3, 0.4) is 0 Å². The number of halogens is 1. The second-order valence-corrected chi connectivity index (χ2v) is 6.60. The highest BCUT2D eigenvalue weighted by Crippen LogP contribution is 2.38. The van der Waals surface area contributed by atoms with E-state index in [0.29, 0.717) is 0 Å². The molecule has 0 radical (unpaired) electrons. The van der Waals surface area contributed by atoms with Crippen LogP contribution in [0.4, 0.5) is 0 Å². The summed E-state index contributed by atoms with van der Waals surface area (Å²) in [4.78, 5) is -0.0545. The monoisotopic (exact) mass is 308 g/mol. The molecule has 1 aromatic rings. The molecule has 3 rings (SSSR count). The average Bonchev–Trinajstić information content (AvgIpc) is 2.34. The van der Waals surface area contributed by atoms with E-state index in [2.05, 4.69) is 40.2 Å². The van der Waals surface area contributed by atoms with Crippen LogP contribution >= 0.6 is 15.9 Å². The third kappa shape index (κ3) is 1.85. The van der Waals surface area contributed by atoms with Crippen LogP contribution in [0.15, 0.2) is 24.3 Å². The first-order valence-electron chi connectivity index (χ1n) is 6.28. The zero-order chi connectivity index (χ0) is 12.9. The smallest absolute Gasteiger partial charge is 0.0860 e. The summed E-state index contributed by atoms with van der Waals surface area (Å²) >= 11 is 3.57. The highest BCUT2D eigenvalue weighted by Gasteiger charge is 2.47. The Kier molecular flexibility index (Phi) is 2.88. The highest BCUT2D eigenvalue weighted by atomic mass is 79.9. The van der Waals surface area contributed by atoms with Gasteiger partial charge in [-0.1, -0.05) is 46.3 Å². The summed E-state index contributed by atoms with van der Waals surface area (Å²) in [6.45, 7) is 4.03. The van der Waals surface area contributed by atoms with E-state index in [1.807, 2.05) is 26.0 Å². The molecule has 0 aromatic heterocycles. The predicted octanol–water partition coefficient (Wildman–Crippen LogP) is 1.18. The van der Waals surface area contributed by atoms with Gasteiger partial charge in [-0.25, -0.2) is 0 Å². The lowest BCUT2D eigenvalue weighted by atomic mass is 9.81. The Morgan fingerprint density at radius 2 is 1.78 bits per heavy atom. The second kappa shape index (κ2) is 4.19. The van der Waals surface area contributed by atoms with Gasteiger partial charge in [-0.05, 0) is 30.4 Å². The van der Waals surface area contributed by atoms with Gasteiger partial charge in [0.2, 0.25) is 0 Å². The van der Waals surface area contributed by atoms with Crippen LogP contribution in [0.5, 0.6) is 0 Å². The third-order valence-electron chi connectivity index (χ3n) is 3.89. The predicted molar refractivity (Wildman–Crippen MR) is 75.8 cm³/mol. The molecule has 4 unspecified atom stereocenters. The Morgan fingerprint density at radius 1 is 1.17 bits per heavy atom. The average molecular weight is 309 g/mol. The largest absolute Gasteiger partial charge is 0.391 e. The van der Waals surface area contributed by atoms with Crippen LogP contribution in [-0.4, -0.2) is 27.7 Å². The van der Waals surface area contributed by atoms with Crippen molar-refractivity contribution >= 4 is 28.1 Å². The van der Waals surface area contributed by atoms with Crippen molar-refractivity contribution in [1.82, 2.24) is 0 Å². The molecule has 0 spiro atoms. The Balaban J connectivity index is 2.10. The summed E-state index contributed by atoms with van der Waals surface area (Å²) in [7, 11) is 0. The van der Waals surface area contributed by atoms with Crippen LogP contribution in [-0.2, 0) is 4.74 Å². The van der Waals surface area contributed by atoms with Gasteiger partial charge in [0, 0.05) is 5.92 Å². The molecule has 0 amide bonds. The van der Waals surface area contributed by atoms with Gasteiger partial charge in [-0.15, -0.1) is 0 Å². The van der Waals surface area contributed by atoms with Gasteiger partial charge in [-0.2, -0.15) is 0 Å². The normalized spacial score (nSPS) is 36.9. The molecule has 2 aliphatic rings. The minimum Gasteiger partial charge on any atom is -0.391 e. The first-order chi connectivity index (χ1) is 8.49. The van der Waals surface area contributed by atoms with Crippen molar-refractivity contribution in [3.8, 4) is 0 Å². The number of fused-ring (bicyclic) bond motifs is 2. The lowest BCUT2D eigenvalue weighted by Crippen LogP contribution is -2.57. The fourth-order valence-corrected chi connectivity index (χ4v) is 3.29. The first kappa shape index (κ1) is 12.4. The zero-order valence-corrected chi connectivity index (χ0v) is 12.1. The molecule has 1 aliphatic heterocycles. The number of aliphatic hydroxyl groups is 1. The summed E-state index contributed by atoms with van der Waals surface area (Å²) in [5.41, 5.74) is -0.364. The van der Waals surface area contributed by atoms with Crippen LogP contribution in [0, 0.1) is 5.92 Å². The van der Waals surface area contributed by atoms with Crippen molar-refractivity contribution in [1.29, 1.82) is 0 Å². The summed E-state index contributed by atoms with van der Waals surface area (Å²) in [6, 6.07) is 8.22. The molecular weight excluding hydrogens is 292 g/mol. The SMILES string of the molecule is CC1(C)OC2C=c3ccccc3=CC2C(O)C1Br. The quantitative estimate of drug-likeness (QED) is 0.729. The standard InChI is InChI=1S/C15H17BrO2/c1-15(2)14(16)13(17)11-7-9-5-3-4-6-10(9)8-12(11)18-15/h3-8,11-14,17H,1-2H3. The molecule has 1 fully saturated rings. The Labute approximate surface area is 115 Å². The van der Waals surface area contributed by atoms with Crippen LogP contribution in [0.1, 0.15) is 13.8 Å².